The number of rotatable bonds is 3. The molecule has 0 aliphatic carbocycles. The van der Waals surface area contributed by atoms with Gasteiger partial charge in [-0.2, -0.15) is 0 Å². The smallest absolute Gasteiger partial charge is 0.328 e. The molecular formula is C13H20N2O4. The van der Waals surface area contributed by atoms with Gasteiger partial charge < -0.3 is 15.0 Å². The summed E-state index contributed by atoms with van der Waals surface area (Å²) in [4.78, 5) is 37.1. The van der Waals surface area contributed by atoms with Crippen LogP contribution < -0.4 is 5.32 Å². The minimum atomic E-state index is -0.475. The molecule has 2 atom stereocenters. The Morgan fingerprint density at radius 2 is 2.21 bits per heavy atom. The molecule has 2 saturated heterocycles. The van der Waals surface area contributed by atoms with Crippen molar-refractivity contribution in [1.82, 2.24) is 10.2 Å². The molecule has 2 amide bonds. The number of likely N-dealkylation sites (tertiary alicyclic amines) is 1. The van der Waals surface area contributed by atoms with Crippen LogP contribution >= 0.6 is 0 Å². The molecule has 6 heteroatoms. The predicted molar refractivity (Wildman–Crippen MR) is 67.1 cm³/mol. The summed E-state index contributed by atoms with van der Waals surface area (Å²) in [6.45, 7) is 3.03. The SMILES string of the molecule is CCOC(=O)C1CCCCN1C(=O)C1CNC(=O)C1. The average molecular weight is 268 g/mol. The van der Waals surface area contributed by atoms with Gasteiger partial charge in [0.25, 0.3) is 0 Å². The summed E-state index contributed by atoms with van der Waals surface area (Å²) in [7, 11) is 0. The molecule has 0 aromatic heterocycles. The molecule has 2 rings (SSSR count). The minimum absolute atomic E-state index is 0.0944. The lowest BCUT2D eigenvalue weighted by Gasteiger charge is -2.35. The van der Waals surface area contributed by atoms with Crippen LogP contribution in [0.1, 0.15) is 32.6 Å². The van der Waals surface area contributed by atoms with E-state index in [0.29, 0.717) is 26.1 Å². The largest absolute Gasteiger partial charge is 0.464 e. The molecule has 2 fully saturated rings. The molecule has 0 aromatic carbocycles. The van der Waals surface area contributed by atoms with E-state index in [1.807, 2.05) is 0 Å². The van der Waals surface area contributed by atoms with E-state index in [1.54, 1.807) is 11.8 Å². The number of piperidine rings is 1. The Hall–Kier alpha value is -1.59. The zero-order valence-corrected chi connectivity index (χ0v) is 11.2. The molecule has 2 unspecified atom stereocenters. The summed E-state index contributed by atoms with van der Waals surface area (Å²) in [5.41, 5.74) is 0. The summed E-state index contributed by atoms with van der Waals surface area (Å²) >= 11 is 0. The van der Waals surface area contributed by atoms with Crippen LogP contribution in [0.2, 0.25) is 0 Å². The van der Waals surface area contributed by atoms with Crippen LogP contribution in [0.15, 0.2) is 0 Å². The van der Waals surface area contributed by atoms with Crippen LogP contribution in [0, 0.1) is 5.92 Å². The van der Waals surface area contributed by atoms with Gasteiger partial charge in [-0.15, -0.1) is 0 Å². The molecule has 0 spiro atoms. The first-order chi connectivity index (χ1) is 9.13. The zero-order chi connectivity index (χ0) is 13.8. The molecule has 0 aromatic rings. The first kappa shape index (κ1) is 13.8. The van der Waals surface area contributed by atoms with Crippen LogP contribution in [-0.4, -0.2) is 48.4 Å². The molecule has 0 radical (unpaired) electrons. The topological polar surface area (TPSA) is 75.7 Å². The molecule has 2 aliphatic heterocycles. The van der Waals surface area contributed by atoms with Crippen molar-refractivity contribution in [3.8, 4) is 0 Å². The van der Waals surface area contributed by atoms with Gasteiger partial charge in [-0.05, 0) is 26.2 Å². The molecule has 106 valence electrons. The summed E-state index contributed by atoms with van der Waals surface area (Å²) in [5, 5.41) is 2.66. The van der Waals surface area contributed by atoms with E-state index in [2.05, 4.69) is 5.32 Å². The van der Waals surface area contributed by atoms with Gasteiger partial charge in [-0.1, -0.05) is 0 Å². The normalized spacial score (nSPS) is 27.0. The van der Waals surface area contributed by atoms with E-state index < -0.39 is 6.04 Å². The number of nitrogens with one attached hydrogen (secondary N) is 1. The quantitative estimate of drug-likeness (QED) is 0.735. The fraction of sp³-hybridized carbons (Fsp3) is 0.769. The van der Waals surface area contributed by atoms with Crippen molar-refractivity contribution >= 4 is 17.8 Å². The first-order valence-corrected chi connectivity index (χ1v) is 6.87. The van der Waals surface area contributed by atoms with Gasteiger partial charge in [0.1, 0.15) is 6.04 Å². The van der Waals surface area contributed by atoms with Crippen LogP contribution in [0.5, 0.6) is 0 Å². The zero-order valence-electron chi connectivity index (χ0n) is 11.2. The predicted octanol–water partition coefficient (Wildman–Crippen LogP) is 0.0667. The number of hydrogen-bond donors (Lipinski definition) is 1. The van der Waals surface area contributed by atoms with Crippen molar-refractivity contribution in [3.05, 3.63) is 0 Å². The lowest BCUT2D eigenvalue weighted by molar-refractivity contribution is -0.158. The summed E-state index contributed by atoms with van der Waals surface area (Å²) in [6, 6.07) is -0.475. The number of esters is 1. The first-order valence-electron chi connectivity index (χ1n) is 6.87. The van der Waals surface area contributed by atoms with Gasteiger partial charge >= 0.3 is 5.97 Å². The van der Waals surface area contributed by atoms with Gasteiger partial charge in [-0.25, -0.2) is 4.79 Å². The fourth-order valence-electron chi connectivity index (χ4n) is 2.69. The minimum Gasteiger partial charge on any atom is -0.464 e. The van der Waals surface area contributed by atoms with Crippen molar-refractivity contribution in [2.24, 2.45) is 5.92 Å². The molecular weight excluding hydrogens is 248 g/mol. The molecule has 0 saturated carbocycles. The Morgan fingerprint density at radius 3 is 2.84 bits per heavy atom. The summed E-state index contributed by atoms with van der Waals surface area (Å²) in [5.74, 6) is -0.852. The maximum atomic E-state index is 12.4. The highest BCUT2D eigenvalue weighted by molar-refractivity contribution is 5.91. The summed E-state index contributed by atoms with van der Waals surface area (Å²) in [6.07, 6.45) is 2.70. The van der Waals surface area contributed by atoms with Crippen LogP contribution in [0.3, 0.4) is 0 Å². The third-order valence-electron chi connectivity index (χ3n) is 3.67. The van der Waals surface area contributed by atoms with Crippen molar-refractivity contribution in [3.63, 3.8) is 0 Å². The van der Waals surface area contributed by atoms with Crippen LogP contribution in [0.4, 0.5) is 0 Å². The lowest BCUT2D eigenvalue weighted by atomic mass is 9.98. The van der Waals surface area contributed by atoms with Crippen molar-refractivity contribution in [2.45, 2.75) is 38.6 Å². The number of ether oxygens (including phenoxy) is 1. The highest BCUT2D eigenvalue weighted by Crippen LogP contribution is 2.22. The number of amides is 2. The van der Waals surface area contributed by atoms with Crippen LogP contribution in [-0.2, 0) is 19.1 Å². The van der Waals surface area contributed by atoms with Crippen molar-refractivity contribution < 1.29 is 19.1 Å². The summed E-state index contributed by atoms with van der Waals surface area (Å²) < 4.78 is 5.03. The Morgan fingerprint density at radius 1 is 1.42 bits per heavy atom. The van der Waals surface area contributed by atoms with Gasteiger partial charge in [0, 0.05) is 19.5 Å². The van der Waals surface area contributed by atoms with Gasteiger partial charge in [-0.3, -0.25) is 9.59 Å². The van der Waals surface area contributed by atoms with Gasteiger partial charge in [0.05, 0.1) is 12.5 Å². The number of nitrogens with zero attached hydrogens (tertiary/aromatic N) is 1. The number of carbonyl (C=O) groups is 3. The number of carbonyl (C=O) groups excluding carboxylic acids is 3. The Bertz CT molecular complexity index is 383. The highest BCUT2D eigenvalue weighted by atomic mass is 16.5. The van der Waals surface area contributed by atoms with Gasteiger partial charge in [0.15, 0.2) is 0 Å². The highest BCUT2D eigenvalue weighted by Gasteiger charge is 2.38. The Kier molecular flexibility index (Phi) is 4.39. The average Bonchev–Trinajstić information content (AvgIpc) is 2.85. The van der Waals surface area contributed by atoms with Gasteiger partial charge in [0.2, 0.25) is 11.8 Å². The second-order valence-electron chi connectivity index (χ2n) is 5.00. The fourth-order valence-corrected chi connectivity index (χ4v) is 2.69. The maximum Gasteiger partial charge on any atom is 0.328 e. The van der Waals surface area contributed by atoms with Crippen molar-refractivity contribution in [2.75, 3.05) is 19.7 Å². The van der Waals surface area contributed by atoms with Crippen LogP contribution in [0.25, 0.3) is 0 Å². The third kappa shape index (κ3) is 3.05. The molecule has 1 N–H and O–H groups in total. The lowest BCUT2D eigenvalue weighted by Crippen LogP contribution is -2.51. The molecule has 0 bridgehead atoms. The molecule has 6 nitrogen and oxygen atoms in total. The second kappa shape index (κ2) is 6.04. The van der Waals surface area contributed by atoms with E-state index in [9.17, 15) is 14.4 Å². The third-order valence-corrected chi connectivity index (χ3v) is 3.67. The standard InChI is InChI=1S/C13H20N2O4/c1-2-19-13(18)10-5-3-4-6-15(10)12(17)9-7-11(16)14-8-9/h9-10H,2-8H2,1H3,(H,14,16). The van der Waals surface area contributed by atoms with Crippen molar-refractivity contribution in [1.29, 1.82) is 0 Å². The maximum absolute atomic E-state index is 12.4. The van der Waals surface area contributed by atoms with E-state index >= 15 is 0 Å². The molecule has 19 heavy (non-hydrogen) atoms. The second-order valence-corrected chi connectivity index (χ2v) is 5.00. The molecule has 2 aliphatic rings. The Balaban J connectivity index is 2.04. The van der Waals surface area contributed by atoms with E-state index in [4.69, 9.17) is 4.74 Å². The number of hydrogen-bond acceptors (Lipinski definition) is 4. The monoisotopic (exact) mass is 268 g/mol. The van der Waals surface area contributed by atoms with E-state index in [0.717, 1.165) is 12.8 Å². The van der Waals surface area contributed by atoms with E-state index in [1.165, 1.54) is 0 Å². The Labute approximate surface area is 112 Å². The van der Waals surface area contributed by atoms with E-state index in [-0.39, 0.29) is 30.1 Å². The molecule has 2 heterocycles.